The average molecular weight is 310 g/mol. The predicted octanol–water partition coefficient (Wildman–Crippen LogP) is -2.85. The molecule has 0 bridgehead atoms. The minimum Gasteiger partial charge on any atom is -0.396 e. The number of halogens is 1. The fourth-order valence-corrected chi connectivity index (χ4v) is 1.25. The van der Waals surface area contributed by atoms with Gasteiger partial charge in [-0.05, 0) is 15.4 Å². The predicted molar refractivity (Wildman–Crippen MR) is 48.0 cm³/mol. The van der Waals surface area contributed by atoms with Gasteiger partial charge < -0.3 is 6.87 Å². The van der Waals surface area contributed by atoms with E-state index in [-0.39, 0.29) is 0 Å². The molecule has 80 valence electrons. The van der Waals surface area contributed by atoms with Crippen molar-refractivity contribution in [1.82, 2.24) is 0 Å². The molecule has 1 unspecified atom stereocenters. The van der Waals surface area contributed by atoms with E-state index in [1.807, 2.05) is 0 Å². The van der Waals surface area contributed by atoms with Crippen LogP contribution in [-0.2, 0) is 0 Å². The summed E-state index contributed by atoms with van der Waals surface area (Å²) in [6.45, 7) is 8.36. The van der Waals surface area contributed by atoms with Crippen molar-refractivity contribution in [2.75, 3.05) is 0 Å². The summed E-state index contributed by atoms with van der Waals surface area (Å²) in [4.78, 5) is 0. The Morgan fingerprint density at radius 3 is 2.43 bits per heavy atom. The average Bonchev–Trinajstić information content (AvgIpc) is 2.09. The molecular formula is C10H15IO3. The van der Waals surface area contributed by atoms with Gasteiger partial charge in [0.1, 0.15) is 0 Å². The zero-order chi connectivity index (χ0) is 11.1. The van der Waals surface area contributed by atoms with E-state index in [1.165, 1.54) is 11.1 Å². The van der Waals surface area contributed by atoms with E-state index < -0.39 is 21.1 Å². The first-order valence-corrected chi connectivity index (χ1v) is 7.02. The molecule has 0 heterocycles. The van der Waals surface area contributed by atoms with Gasteiger partial charge in [-0.3, -0.25) is 0 Å². The van der Waals surface area contributed by atoms with Gasteiger partial charge in [0.25, 0.3) is 0 Å². The first kappa shape index (κ1) is 13.8. The third-order valence-corrected chi connectivity index (χ3v) is 2.14. The summed E-state index contributed by atoms with van der Waals surface area (Å²) in [7, 11) is 0. The molecule has 0 radical (unpaired) electrons. The van der Waals surface area contributed by atoms with E-state index >= 15 is 0 Å². The Kier molecular flexibility index (Phi) is 7.08. The van der Waals surface area contributed by atoms with Crippen molar-refractivity contribution < 1.29 is 31.4 Å². The summed E-state index contributed by atoms with van der Waals surface area (Å²) >= 11 is -3.76. The second kappa shape index (κ2) is 7.17. The van der Waals surface area contributed by atoms with Crippen LogP contribution in [0.3, 0.4) is 0 Å². The smallest absolute Gasteiger partial charge is 0.396 e. The van der Waals surface area contributed by atoms with Gasteiger partial charge in [0, 0.05) is 5.92 Å². The van der Waals surface area contributed by atoms with Crippen LogP contribution in [0.4, 0.5) is 0 Å². The lowest BCUT2D eigenvalue weighted by Crippen LogP contribution is -3.98. The molecule has 0 aromatic heterocycles. The molecule has 4 heteroatoms. The Labute approximate surface area is 93.5 Å². The molecule has 0 amide bonds. The van der Waals surface area contributed by atoms with Crippen molar-refractivity contribution in [2.24, 2.45) is 5.92 Å². The lowest BCUT2D eigenvalue weighted by molar-refractivity contribution is -1.63. The summed E-state index contributed by atoms with van der Waals surface area (Å²) in [6, 6.07) is 0. The van der Waals surface area contributed by atoms with Crippen molar-refractivity contribution in [1.29, 1.82) is 0 Å². The molecule has 1 rings (SSSR count). The van der Waals surface area contributed by atoms with Gasteiger partial charge in [0.15, 0.2) is 0 Å². The van der Waals surface area contributed by atoms with Gasteiger partial charge >= 0.3 is 21.1 Å². The van der Waals surface area contributed by atoms with E-state index in [1.54, 1.807) is 0 Å². The van der Waals surface area contributed by atoms with Crippen molar-refractivity contribution in [2.45, 2.75) is 20.3 Å². The molecule has 1 atom stereocenters. The van der Waals surface area contributed by atoms with E-state index in [2.05, 4.69) is 38.7 Å². The maximum absolute atomic E-state index is 8.68. The summed E-state index contributed by atoms with van der Waals surface area (Å²) in [5.41, 5.74) is 2.73. The van der Waals surface area contributed by atoms with Gasteiger partial charge in [-0.2, -0.15) is 0 Å². The molecule has 1 aliphatic carbocycles. The molecule has 0 spiro atoms. The van der Waals surface area contributed by atoms with E-state index in [0.717, 1.165) is 6.42 Å². The Balaban J connectivity index is 0.000000364. The fourth-order valence-electron chi connectivity index (χ4n) is 1.25. The monoisotopic (exact) mass is 310 g/mol. The molecular weight excluding hydrogens is 295 g/mol. The Bertz CT molecular complexity index is 241. The number of hydrogen-bond donors (Lipinski definition) is 1. The van der Waals surface area contributed by atoms with Crippen molar-refractivity contribution >= 4 is 0 Å². The summed E-state index contributed by atoms with van der Waals surface area (Å²) in [5.74, 6) is 0.565. The van der Waals surface area contributed by atoms with Crippen molar-refractivity contribution in [3.05, 3.63) is 36.0 Å². The number of rotatable bonds is 1. The molecule has 0 saturated heterocycles. The Hall–Kier alpha value is -0.170. The van der Waals surface area contributed by atoms with E-state index in [9.17, 15) is 0 Å². The standard InChI is InChI=1S/C10H14.HIO3/c1-4-10-7-5-6-8(2)9(10)3;2-1(3)4/h5-7,9H,2,4H2,1,3H3;2H. The van der Waals surface area contributed by atoms with Gasteiger partial charge in [-0.15, -0.1) is 0 Å². The molecule has 1 aliphatic rings. The highest BCUT2D eigenvalue weighted by atomic mass is 127. The highest BCUT2D eigenvalue weighted by molar-refractivity contribution is 5.35. The third kappa shape index (κ3) is 5.54. The van der Waals surface area contributed by atoms with Crippen molar-refractivity contribution in [3.8, 4) is 0 Å². The largest absolute Gasteiger partial charge is 0.503 e. The van der Waals surface area contributed by atoms with Crippen LogP contribution in [0.2, 0.25) is 0 Å². The molecule has 14 heavy (non-hydrogen) atoms. The number of hydrogen-bond acceptors (Lipinski definition) is 3. The van der Waals surface area contributed by atoms with Crippen LogP contribution in [0.15, 0.2) is 36.0 Å². The Morgan fingerprint density at radius 2 is 2.07 bits per heavy atom. The zero-order valence-electron chi connectivity index (χ0n) is 8.37. The van der Waals surface area contributed by atoms with Crippen molar-refractivity contribution in [3.63, 3.8) is 0 Å². The lowest BCUT2D eigenvalue weighted by atomic mass is 9.88. The third-order valence-electron chi connectivity index (χ3n) is 2.14. The summed E-state index contributed by atoms with van der Waals surface area (Å²) in [5, 5.41) is 0. The molecule has 0 aromatic carbocycles. The van der Waals surface area contributed by atoms with Gasteiger partial charge in [-0.1, -0.05) is 44.2 Å². The highest BCUT2D eigenvalue weighted by Gasteiger charge is 2.10. The molecule has 1 N–H and O–H groups in total. The van der Waals surface area contributed by atoms with Crippen LogP contribution in [0.25, 0.3) is 0 Å². The molecule has 0 aromatic rings. The molecule has 3 nitrogen and oxygen atoms in total. The van der Waals surface area contributed by atoms with Crippen LogP contribution in [-0.4, -0.2) is 3.44 Å². The minimum absolute atomic E-state index is 0.565. The van der Waals surface area contributed by atoms with Crippen LogP contribution >= 0.6 is 0 Å². The van der Waals surface area contributed by atoms with Crippen LogP contribution in [0.5, 0.6) is 0 Å². The van der Waals surface area contributed by atoms with Gasteiger partial charge in [-0.25, -0.2) is 0 Å². The summed E-state index contributed by atoms with van der Waals surface area (Å²) in [6.07, 6.45) is 7.51. The van der Waals surface area contributed by atoms with Gasteiger partial charge in [0.2, 0.25) is 0 Å². The zero-order valence-corrected chi connectivity index (χ0v) is 10.5. The fraction of sp³-hybridized carbons (Fsp3) is 0.400. The van der Waals surface area contributed by atoms with Crippen LogP contribution in [0, 0.1) is 5.92 Å². The second-order valence-electron chi connectivity index (χ2n) is 2.95. The topological polar surface area (TPSA) is 66.3 Å². The first-order valence-electron chi connectivity index (χ1n) is 4.29. The van der Waals surface area contributed by atoms with Crippen LogP contribution in [0.1, 0.15) is 20.3 Å². The first-order chi connectivity index (χ1) is 6.49. The highest BCUT2D eigenvalue weighted by Crippen LogP contribution is 2.25. The lowest BCUT2D eigenvalue weighted by Gasteiger charge is -2.17. The van der Waals surface area contributed by atoms with E-state index in [0.29, 0.717) is 5.92 Å². The maximum atomic E-state index is 8.68. The molecule has 0 saturated carbocycles. The van der Waals surface area contributed by atoms with E-state index in [4.69, 9.17) is 10.3 Å². The maximum Gasteiger partial charge on any atom is 0.503 e. The second-order valence-corrected chi connectivity index (χ2v) is 4.10. The molecule has 0 fully saturated rings. The summed E-state index contributed by atoms with van der Waals surface area (Å²) < 4.78 is 24.5. The van der Waals surface area contributed by atoms with Crippen LogP contribution < -0.4 is 27.9 Å². The van der Waals surface area contributed by atoms with Gasteiger partial charge in [0.05, 0.1) is 0 Å². The Morgan fingerprint density at radius 1 is 1.57 bits per heavy atom. The SMILES string of the molecule is C=C1C=CC=C(CC)C1C.[O-][I+2]([O-])O. The number of allylic oxidation sites excluding steroid dienone is 5. The minimum atomic E-state index is -3.76. The molecule has 0 aliphatic heterocycles. The quantitative estimate of drug-likeness (QED) is 0.531. The normalized spacial score (nSPS) is 20.3.